The van der Waals surface area contributed by atoms with E-state index < -0.39 is 0 Å². The number of hydrogen-bond donors (Lipinski definition) is 2. The van der Waals surface area contributed by atoms with Crippen molar-refractivity contribution >= 4 is 17.2 Å². The van der Waals surface area contributed by atoms with E-state index in [1.54, 1.807) is 12.1 Å². The second-order valence-electron chi connectivity index (χ2n) is 6.91. The zero-order valence-electron chi connectivity index (χ0n) is 17.6. The average molecular weight is 410 g/mol. The van der Waals surface area contributed by atoms with Crippen molar-refractivity contribution in [2.45, 2.75) is 40.0 Å². The lowest BCUT2D eigenvalue weighted by atomic mass is 9.84. The average Bonchev–Trinajstić information content (AvgIpc) is 2.87. The Bertz CT molecular complexity index is 1030. The number of hydrogen-bond acceptors (Lipinski definition) is 7. The van der Waals surface area contributed by atoms with Gasteiger partial charge in [-0.2, -0.15) is 5.10 Å². The van der Waals surface area contributed by atoms with Crippen molar-refractivity contribution in [3.05, 3.63) is 47.0 Å². The molecule has 0 bridgehead atoms. The first kappa shape index (κ1) is 21.4. The monoisotopic (exact) mass is 410 g/mol. The smallest absolute Gasteiger partial charge is 0.176 e. The number of ketones is 1. The van der Waals surface area contributed by atoms with Gasteiger partial charge in [-0.25, -0.2) is 0 Å². The summed E-state index contributed by atoms with van der Waals surface area (Å²) < 4.78 is 11.4. The molecule has 0 aromatic heterocycles. The molecule has 0 saturated heterocycles. The largest absolute Gasteiger partial charge is 0.504 e. The summed E-state index contributed by atoms with van der Waals surface area (Å²) in [5, 5.41) is 28.9. The van der Waals surface area contributed by atoms with Crippen LogP contribution in [-0.2, 0) is 4.79 Å². The van der Waals surface area contributed by atoms with Crippen LogP contribution in [0.4, 0.5) is 0 Å². The second kappa shape index (κ2) is 8.98. The van der Waals surface area contributed by atoms with E-state index >= 15 is 0 Å². The van der Waals surface area contributed by atoms with Crippen molar-refractivity contribution in [3.63, 3.8) is 0 Å². The van der Waals surface area contributed by atoms with Crippen molar-refractivity contribution in [1.82, 2.24) is 0 Å². The fourth-order valence-electron chi connectivity index (χ4n) is 3.60. The second-order valence-corrected chi connectivity index (χ2v) is 6.91. The van der Waals surface area contributed by atoms with Crippen LogP contribution in [-0.4, -0.2) is 40.6 Å². The van der Waals surface area contributed by atoms with Crippen molar-refractivity contribution in [2.75, 3.05) is 13.2 Å². The number of carbonyl (C=O) groups excluding carboxylic acids is 1. The molecule has 0 saturated carbocycles. The number of phenols is 2. The molecule has 7 nitrogen and oxygen atoms in total. The summed E-state index contributed by atoms with van der Waals surface area (Å²) in [7, 11) is 0. The molecule has 1 atom stereocenters. The quantitative estimate of drug-likeness (QED) is 0.667. The summed E-state index contributed by atoms with van der Waals surface area (Å²) >= 11 is 0. The molecule has 3 rings (SSSR count). The number of nitrogens with zero attached hydrogens (tertiary/aromatic N) is 2. The number of phenolic OH excluding ortho intramolecular Hbond substituents is 2. The fourth-order valence-corrected chi connectivity index (χ4v) is 3.60. The normalized spacial score (nSPS) is 15.5. The Morgan fingerprint density at radius 3 is 2.27 bits per heavy atom. The predicted octanol–water partition coefficient (Wildman–Crippen LogP) is 4.18. The van der Waals surface area contributed by atoms with E-state index in [1.165, 1.54) is 19.1 Å². The van der Waals surface area contributed by atoms with Crippen molar-refractivity contribution in [1.29, 1.82) is 0 Å². The fraction of sp³-hybridized carbons (Fsp3) is 0.348. The number of rotatable bonds is 7. The third-order valence-electron chi connectivity index (χ3n) is 4.95. The topological polar surface area (TPSA) is 101 Å². The van der Waals surface area contributed by atoms with Crippen LogP contribution in [0.5, 0.6) is 23.0 Å². The number of aromatic hydroxyl groups is 2. The van der Waals surface area contributed by atoms with E-state index in [1.807, 2.05) is 26.8 Å². The Kier molecular flexibility index (Phi) is 6.40. The van der Waals surface area contributed by atoms with Crippen molar-refractivity contribution in [3.8, 4) is 23.0 Å². The maximum Gasteiger partial charge on any atom is 0.176 e. The molecule has 0 amide bonds. The van der Waals surface area contributed by atoms with E-state index in [9.17, 15) is 15.0 Å². The SMILES string of the molecule is CCOc1ccc(C2=NN=C(C(C)=O)[C@@H](CC)c3cc(O)c(O)cc32)cc1OCC. The van der Waals surface area contributed by atoms with E-state index in [2.05, 4.69) is 10.2 Å². The summed E-state index contributed by atoms with van der Waals surface area (Å²) in [6.45, 7) is 8.13. The molecule has 2 aromatic carbocycles. The Morgan fingerprint density at radius 2 is 1.63 bits per heavy atom. The van der Waals surface area contributed by atoms with Gasteiger partial charge in [0.05, 0.1) is 13.2 Å². The molecular formula is C23H26N2O5. The van der Waals surface area contributed by atoms with Gasteiger partial charge in [-0.3, -0.25) is 4.79 Å². The van der Waals surface area contributed by atoms with Gasteiger partial charge in [0.25, 0.3) is 0 Å². The Morgan fingerprint density at radius 1 is 0.967 bits per heavy atom. The molecule has 30 heavy (non-hydrogen) atoms. The summed E-state index contributed by atoms with van der Waals surface area (Å²) in [4.78, 5) is 12.2. The molecule has 1 heterocycles. The molecule has 0 unspecified atom stereocenters. The first-order valence-electron chi connectivity index (χ1n) is 10.0. The molecule has 7 heteroatoms. The minimum Gasteiger partial charge on any atom is -0.504 e. The molecule has 2 aromatic rings. The highest BCUT2D eigenvalue weighted by molar-refractivity contribution is 6.41. The minimum atomic E-state index is -0.348. The third-order valence-corrected chi connectivity index (χ3v) is 4.95. The van der Waals surface area contributed by atoms with Crippen LogP contribution < -0.4 is 9.47 Å². The summed E-state index contributed by atoms with van der Waals surface area (Å²) in [6.07, 6.45) is 0.589. The Balaban J connectivity index is 2.25. The summed E-state index contributed by atoms with van der Waals surface area (Å²) in [6, 6.07) is 8.37. The van der Waals surface area contributed by atoms with Gasteiger partial charge in [0, 0.05) is 24.0 Å². The molecule has 0 radical (unpaired) electrons. The lowest BCUT2D eigenvalue weighted by Gasteiger charge is -2.19. The number of ether oxygens (including phenoxy) is 2. The Labute approximate surface area is 175 Å². The number of carbonyl (C=O) groups is 1. The zero-order chi connectivity index (χ0) is 21.8. The maximum atomic E-state index is 12.2. The van der Waals surface area contributed by atoms with Crippen molar-refractivity contribution in [2.24, 2.45) is 10.2 Å². The number of Topliss-reactive ketones (excluding diaryl/α,β-unsaturated/α-hetero) is 1. The minimum absolute atomic E-state index is 0.188. The molecule has 0 fully saturated rings. The van der Waals surface area contributed by atoms with Gasteiger partial charge in [-0.1, -0.05) is 6.92 Å². The van der Waals surface area contributed by atoms with E-state index in [-0.39, 0.29) is 23.2 Å². The molecule has 158 valence electrons. The van der Waals surface area contributed by atoms with Gasteiger partial charge >= 0.3 is 0 Å². The maximum absolute atomic E-state index is 12.2. The first-order valence-corrected chi connectivity index (χ1v) is 10.0. The molecular weight excluding hydrogens is 384 g/mol. The summed E-state index contributed by atoms with van der Waals surface area (Å²) in [5.74, 6) is 0.129. The lowest BCUT2D eigenvalue weighted by molar-refractivity contribution is -0.111. The van der Waals surface area contributed by atoms with Gasteiger partial charge in [0.15, 0.2) is 28.8 Å². The van der Waals surface area contributed by atoms with Crippen LogP contribution in [0, 0.1) is 0 Å². The van der Waals surface area contributed by atoms with E-state index in [0.29, 0.717) is 59.2 Å². The molecule has 2 N–H and O–H groups in total. The highest BCUT2D eigenvalue weighted by Crippen LogP contribution is 2.38. The van der Waals surface area contributed by atoms with Crippen LogP contribution >= 0.6 is 0 Å². The highest BCUT2D eigenvalue weighted by Gasteiger charge is 2.29. The van der Waals surface area contributed by atoms with E-state index in [4.69, 9.17) is 9.47 Å². The van der Waals surface area contributed by atoms with E-state index in [0.717, 1.165) is 0 Å². The van der Waals surface area contributed by atoms with Gasteiger partial charge in [0.1, 0.15) is 11.4 Å². The first-order chi connectivity index (χ1) is 14.4. The lowest BCUT2D eigenvalue weighted by Crippen LogP contribution is -2.20. The standard InChI is InChI=1S/C23H26N2O5/c1-5-15-16-11-18(27)19(28)12-17(16)23(25-24-22(15)13(4)26)14-8-9-20(29-6-2)21(10-14)30-7-3/h8-12,15,27-28H,5-7H2,1-4H3/t15-/m0/s1. The van der Waals surface area contributed by atoms with Gasteiger partial charge in [-0.05, 0) is 56.2 Å². The van der Waals surface area contributed by atoms with Crippen LogP contribution in [0.2, 0.25) is 0 Å². The van der Waals surface area contributed by atoms with Crippen LogP contribution in [0.1, 0.15) is 56.7 Å². The number of benzene rings is 2. The van der Waals surface area contributed by atoms with Gasteiger partial charge in [-0.15, -0.1) is 5.10 Å². The van der Waals surface area contributed by atoms with Gasteiger partial charge < -0.3 is 19.7 Å². The molecule has 0 aliphatic carbocycles. The van der Waals surface area contributed by atoms with Gasteiger partial charge in [0.2, 0.25) is 0 Å². The van der Waals surface area contributed by atoms with Crippen molar-refractivity contribution < 1.29 is 24.5 Å². The predicted molar refractivity (Wildman–Crippen MR) is 115 cm³/mol. The Hall–Kier alpha value is -3.35. The summed E-state index contributed by atoms with van der Waals surface area (Å²) in [5.41, 5.74) is 2.76. The number of fused-ring (bicyclic) bond motifs is 1. The molecule has 1 aliphatic heterocycles. The zero-order valence-corrected chi connectivity index (χ0v) is 17.6. The molecule has 0 spiro atoms. The molecule has 1 aliphatic rings. The van der Waals surface area contributed by atoms with Crippen LogP contribution in [0.3, 0.4) is 0 Å². The van der Waals surface area contributed by atoms with Crippen LogP contribution in [0.15, 0.2) is 40.5 Å². The third kappa shape index (κ3) is 4.01. The van der Waals surface area contributed by atoms with Crippen LogP contribution in [0.25, 0.3) is 0 Å². The highest BCUT2D eigenvalue weighted by atomic mass is 16.5.